The molecular weight excluding hydrogens is 498 g/mol. The number of ether oxygens (including phenoxy) is 1. The molecule has 1 aliphatic rings. The first-order chi connectivity index (χ1) is 16.1. The van der Waals surface area contributed by atoms with Crippen LogP contribution in [0, 0.1) is 6.92 Å². The summed E-state index contributed by atoms with van der Waals surface area (Å²) in [6.07, 6.45) is -3.07. The molecule has 0 amide bonds. The Kier molecular flexibility index (Phi) is 8.32. The van der Waals surface area contributed by atoms with Gasteiger partial charge in [-0.05, 0) is 18.6 Å². The first-order valence-electron chi connectivity index (χ1n) is 10.3. The summed E-state index contributed by atoms with van der Waals surface area (Å²) in [5.41, 5.74) is 0.656. The number of halogens is 5. The van der Waals surface area contributed by atoms with Gasteiger partial charge in [-0.2, -0.15) is 18.3 Å². The van der Waals surface area contributed by atoms with Crippen LogP contribution in [-0.4, -0.2) is 67.6 Å². The van der Waals surface area contributed by atoms with Gasteiger partial charge in [-0.15, -0.1) is 0 Å². The van der Waals surface area contributed by atoms with Gasteiger partial charge in [0.15, 0.2) is 18.1 Å². The molecule has 0 radical (unpaired) electrons. The molecule has 0 spiro atoms. The number of aldehydes is 1. The Balaban J connectivity index is 1.82. The third-order valence-corrected chi connectivity index (χ3v) is 6.34. The van der Waals surface area contributed by atoms with Crippen molar-refractivity contribution in [3.63, 3.8) is 0 Å². The second-order valence-electron chi connectivity index (χ2n) is 7.55. The summed E-state index contributed by atoms with van der Waals surface area (Å²) in [7, 11) is 2.98. The number of nitrogens with zero attached hydrogens (tertiary/aromatic N) is 5. The molecule has 0 N–H and O–H groups in total. The smallest absolute Gasteiger partial charge is 0.436 e. The number of anilines is 1. The lowest BCUT2D eigenvalue weighted by Gasteiger charge is -2.39. The third-order valence-electron chi connectivity index (χ3n) is 5.59. The van der Waals surface area contributed by atoms with Crippen LogP contribution < -0.4 is 9.64 Å². The van der Waals surface area contributed by atoms with Gasteiger partial charge in [0.2, 0.25) is 0 Å². The van der Waals surface area contributed by atoms with Crippen molar-refractivity contribution in [2.45, 2.75) is 25.7 Å². The number of rotatable bonds is 8. The SMILES string of the molecule is CON=CCc1cc(Cl)c(OC)cc1N1CCN(C(C=O)n2nc(C(F)(F)F)c(Cl)c2C)CC1. The number of carbonyl (C=O) groups excluding carboxylic acids is 1. The first kappa shape index (κ1) is 26.1. The minimum atomic E-state index is -4.71. The van der Waals surface area contributed by atoms with E-state index < -0.39 is 23.1 Å². The quantitative estimate of drug-likeness (QED) is 0.294. The fourth-order valence-electron chi connectivity index (χ4n) is 3.87. The molecule has 0 bridgehead atoms. The van der Waals surface area contributed by atoms with Crippen LogP contribution >= 0.6 is 23.2 Å². The van der Waals surface area contributed by atoms with Crippen LogP contribution in [0.25, 0.3) is 0 Å². The van der Waals surface area contributed by atoms with Crippen molar-refractivity contribution in [2.75, 3.05) is 45.3 Å². The molecule has 0 saturated carbocycles. The Morgan fingerprint density at radius 3 is 2.41 bits per heavy atom. The number of alkyl halides is 3. The Morgan fingerprint density at radius 1 is 1.21 bits per heavy atom. The molecule has 2 heterocycles. The van der Waals surface area contributed by atoms with E-state index in [9.17, 15) is 18.0 Å². The summed E-state index contributed by atoms with van der Waals surface area (Å²) < 4.78 is 46.1. The lowest BCUT2D eigenvalue weighted by molar-refractivity contribution is -0.142. The van der Waals surface area contributed by atoms with Gasteiger partial charge in [-0.3, -0.25) is 9.69 Å². The van der Waals surface area contributed by atoms with E-state index in [4.69, 9.17) is 32.8 Å². The number of oxime groups is 1. The van der Waals surface area contributed by atoms with Gasteiger partial charge in [0, 0.05) is 50.6 Å². The molecule has 13 heteroatoms. The molecule has 1 unspecified atom stereocenters. The molecule has 1 atom stereocenters. The Bertz CT molecular complexity index is 1050. The molecule has 1 aliphatic heterocycles. The topological polar surface area (TPSA) is 72.2 Å². The number of carbonyl (C=O) groups is 1. The van der Waals surface area contributed by atoms with Gasteiger partial charge in [-0.1, -0.05) is 28.4 Å². The standard InChI is InChI=1S/C21H24Cl2F3N5O3/c1-13-19(23)20(21(24,25)26)28-31(13)18(12-32)30-8-6-29(7-9-30)16-11-17(33-2)15(22)10-14(16)4-5-27-34-3/h5,10-12,18H,4,6-9H2,1-3H3. The van der Waals surface area contributed by atoms with E-state index in [2.05, 4.69) is 15.2 Å². The van der Waals surface area contributed by atoms with E-state index in [-0.39, 0.29) is 5.69 Å². The van der Waals surface area contributed by atoms with Crippen LogP contribution in [0.15, 0.2) is 17.3 Å². The number of methoxy groups -OCH3 is 1. The van der Waals surface area contributed by atoms with Crippen molar-refractivity contribution in [1.82, 2.24) is 14.7 Å². The Labute approximate surface area is 204 Å². The minimum absolute atomic E-state index is 0.0793. The predicted octanol–water partition coefficient (Wildman–Crippen LogP) is 4.22. The number of benzene rings is 1. The summed E-state index contributed by atoms with van der Waals surface area (Å²) in [6.45, 7) is 3.22. The van der Waals surface area contributed by atoms with Crippen LogP contribution in [0.3, 0.4) is 0 Å². The average Bonchev–Trinajstić information content (AvgIpc) is 3.10. The third kappa shape index (κ3) is 5.42. The van der Waals surface area contributed by atoms with Gasteiger partial charge < -0.3 is 14.5 Å². The zero-order valence-electron chi connectivity index (χ0n) is 18.8. The number of hydrogen-bond acceptors (Lipinski definition) is 7. The molecule has 34 heavy (non-hydrogen) atoms. The Hall–Kier alpha value is -2.50. The van der Waals surface area contributed by atoms with Crippen molar-refractivity contribution >= 4 is 41.4 Å². The van der Waals surface area contributed by atoms with Crippen molar-refractivity contribution < 1.29 is 27.5 Å². The monoisotopic (exact) mass is 521 g/mol. The van der Waals surface area contributed by atoms with Crippen LogP contribution in [0.2, 0.25) is 10.0 Å². The summed E-state index contributed by atoms with van der Waals surface area (Å²) in [4.78, 5) is 20.5. The molecular formula is C21H24Cl2F3N5O3. The molecule has 2 aromatic rings. The van der Waals surface area contributed by atoms with Crippen molar-refractivity contribution in [3.8, 4) is 5.75 Å². The summed E-state index contributed by atoms with van der Waals surface area (Å²) in [6, 6.07) is 3.63. The zero-order valence-corrected chi connectivity index (χ0v) is 20.3. The maximum absolute atomic E-state index is 13.2. The summed E-state index contributed by atoms with van der Waals surface area (Å²) >= 11 is 12.2. The van der Waals surface area contributed by atoms with Gasteiger partial charge in [0.1, 0.15) is 12.9 Å². The number of piperazine rings is 1. The van der Waals surface area contributed by atoms with Gasteiger partial charge in [-0.25, -0.2) is 4.68 Å². The molecule has 3 rings (SSSR count). The second kappa shape index (κ2) is 10.8. The number of hydrogen-bond donors (Lipinski definition) is 0. The molecule has 0 aliphatic carbocycles. The molecule has 1 saturated heterocycles. The predicted molar refractivity (Wildman–Crippen MR) is 123 cm³/mol. The van der Waals surface area contributed by atoms with Crippen molar-refractivity contribution in [1.29, 1.82) is 0 Å². The van der Waals surface area contributed by atoms with E-state index in [1.54, 1.807) is 17.2 Å². The van der Waals surface area contributed by atoms with E-state index >= 15 is 0 Å². The van der Waals surface area contributed by atoms with Crippen LogP contribution in [0.4, 0.5) is 18.9 Å². The molecule has 186 valence electrons. The maximum Gasteiger partial charge on any atom is 0.436 e. The van der Waals surface area contributed by atoms with E-state index in [0.29, 0.717) is 49.7 Å². The molecule has 1 fully saturated rings. The highest BCUT2D eigenvalue weighted by Crippen LogP contribution is 2.37. The highest BCUT2D eigenvalue weighted by atomic mass is 35.5. The van der Waals surface area contributed by atoms with Crippen molar-refractivity contribution in [2.24, 2.45) is 5.16 Å². The highest BCUT2D eigenvalue weighted by molar-refractivity contribution is 6.32. The maximum atomic E-state index is 13.2. The summed E-state index contributed by atoms with van der Waals surface area (Å²) in [5.74, 6) is 0.513. The molecule has 8 nitrogen and oxygen atoms in total. The normalized spacial score (nSPS) is 16.2. The molecule has 1 aromatic carbocycles. The van der Waals surface area contributed by atoms with Crippen LogP contribution in [-0.2, 0) is 22.2 Å². The fraction of sp³-hybridized carbons (Fsp3) is 0.476. The average molecular weight is 522 g/mol. The largest absolute Gasteiger partial charge is 0.495 e. The molecule has 1 aromatic heterocycles. The fourth-order valence-corrected chi connectivity index (χ4v) is 4.37. The zero-order chi connectivity index (χ0) is 25.0. The lowest BCUT2D eigenvalue weighted by atomic mass is 10.1. The Morgan fingerprint density at radius 2 is 1.88 bits per heavy atom. The lowest BCUT2D eigenvalue weighted by Crippen LogP contribution is -2.49. The van der Waals surface area contributed by atoms with Crippen LogP contribution in [0.1, 0.15) is 23.1 Å². The van der Waals surface area contributed by atoms with E-state index in [0.717, 1.165) is 15.9 Å². The van der Waals surface area contributed by atoms with Gasteiger partial charge in [0.25, 0.3) is 0 Å². The van der Waals surface area contributed by atoms with Gasteiger partial charge >= 0.3 is 6.18 Å². The van der Waals surface area contributed by atoms with Crippen molar-refractivity contribution in [3.05, 3.63) is 39.1 Å². The minimum Gasteiger partial charge on any atom is -0.495 e. The second-order valence-corrected chi connectivity index (χ2v) is 8.34. The first-order valence-corrected chi connectivity index (χ1v) is 11.0. The van der Waals surface area contributed by atoms with Gasteiger partial charge in [0.05, 0.1) is 22.8 Å². The van der Waals surface area contributed by atoms with E-state index in [1.165, 1.54) is 21.1 Å². The van der Waals surface area contributed by atoms with E-state index in [1.807, 2.05) is 6.07 Å². The highest BCUT2D eigenvalue weighted by Gasteiger charge is 2.40. The van der Waals surface area contributed by atoms with Crippen LogP contribution in [0.5, 0.6) is 5.75 Å². The summed E-state index contributed by atoms with van der Waals surface area (Å²) in [5, 5.41) is 7.33. The number of aromatic nitrogens is 2.